The standard InChI is InChI=1S/C23H23NO6/c1-29-23(28)18-7-2-3-8-19(18)24-21(26)14-30-22(27)12-11-20(25)17-10-9-15-5-4-6-16(15)13-17/h2-3,7-10,13H,4-6,11-12,14H2,1H3,(H,24,26). The molecule has 0 saturated heterocycles. The number of hydrogen-bond donors (Lipinski definition) is 1. The third kappa shape index (κ3) is 5.31. The molecule has 2 aromatic carbocycles. The van der Waals surface area contributed by atoms with Crippen molar-refractivity contribution in [3.8, 4) is 0 Å². The molecule has 0 radical (unpaired) electrons. The van der Waals surface area contributed by atoms with Gasteiger partial charge in [0, 0.05) is 12.0 Å². The summed E-state index contributed by atoms with van der Waals surface area (Å²) in [5.41, 5.74) is 3.54. The van der Waals surface area contributed by atoms with E-state index < -0.39 is 24.5 Å². The molecular formula is C23H23NO6. The Balaban J connectivity index is 1.45. The molecule has 0 aliphatic heterocycles. The van der Waals surface area contributed by atoms with Gasteiger partial charge in [-0.15, -0.1) is 0 Å². The van der Waals surface area contributed by atoms with Gasteiger partial charge in [0.05, 0.1) is 24.8 Å². The number of Topliss-reactive ketones (excluding diaryl/α,β-unsaturated/α-hetero) is 1. The van der Waals surface area contributed by atoms with Crippen LogP contribution in [0.25, 0.3) is 0 Å². The minimum absolute atomic E-state index is 0.0183. The van der Waals surface area contributed by atoms with Crippen molar-refractivity contribution in [3.05, 3.63) is 64.7 Å². The third-order valence-electron chi connectivity index (χ3n) is 4.95. The highest BCUT2D eigenvalue weighted by atomic mass is 16.5. The topological polar surface area (TPSA) is 98.8 Å². The highest BCUT2D eigenvalue weighted by molar-refractivity contribution is 6.02. The number of amides is 1. The van der Waals surface area contributed by atoms with E-state index in [-0.39, 0.29) is 29.9 Å². The predicted octanol–water partition coefficient (Wildman–Crippen LogP) is 3.11. The molecule has 0 spiro atoms. The van der Waals surface area contributed by atoms with Gasteiger partial charge in [-0.2, -0.15) is 0 Å². The Kier molecular flexibility index (Phi) is 6.95. The Morgan fingerprint density at radius 3 is 2.53 bits per heavy atom. The van der Waals surface area contributed by atoms with Crippen LogP contribution in [0, 0.1) is 0 Å². The zero-order chi connectivity index (χ0) is 21.5. The summed E-state index contributed by atoms with van der Waals surface area (Å²) >= 11 is 0. The molecule has 0 unspecified atom stereocenters. The number of methoxy groups -OCH3 is 1. The van der Waals surface area contributed by atoms with E-state index in [1.54, 1.807) is 24.3 Å². The van der Waals surface area contributed by atoms with Gasteiger partial charge in [0.2, 0.25) is 0 Å². The molecule has 1 aliphatic rings. The number of aryl methyl sites for hydroxylation is 2. The molecule has 30 heavy (non-hydrogen) atoms. The van der Waals surface area contributed by atoms with Crippen LogP contribution in [0.2, 0.25) is 0 Å². The number of anilines is 1. The van der Waals surface area contributed by atoms with Crippen molar-refractivity contribution in [3.63, 3.8) is 0 Å². The van der Waals surface area contributed by atoms with Crippen LogP contribution in [0.3, 0.4) is 0 Å². The summed E-state index contributed by atoms with van der Waals surface area (Å²) in [7, 11) is 1.24. The smallest absolute Gasteiger partial charge is 0.339 e. The Bertz CT molecular complexity index is 981. The number of fused-ring (bicyclic) bond motifs is 1. The fourth-order valence-electron chi connectivity index (χ4n) is 3.39. The maximum atomic E-state index is 12.3. The molecule has 7 nitrogen and oxygen atoms in total. The zero-order valence-electron chi connectivity index (χ0n) is 16.7. The first-order valence-electron chi connectivity index (χ1n) is 9.75. The van der Waals surface area contributed by atoms with E-state index in [0.717, 1.165) is 19.3 Å². The summed E-state index contributed by atoms with van der Waals surface area (Å²) in [4.78, 5) is 48.0. The summed E-state index contributed by atoms with van der Waals surface area (Å²) in [6, 6.07) is 12.0. The Hall–Kier alpha value is -3.48. The van der Waals surface area contributed by atoms with Gasteiger partial charge in [-0.1, -0.05) is 24.3 Å². The van der Waals surface area contributed by atoms with Crippen molar-refractivity contribution in [1.29, 1.82) is 0 Å². The van der Waals surface area contributed by atoms with Gasteiger partial charge in [-0.3, -0.25) is 14.4 Å². The lowest BCUT2D eigenvalue weighted by Gasteiger charge is -2.10. The molecule has 3 rings (SSSR count). The van der Waals surface area contributed by atoms with E-state index >= 15 is 0 Å². The van der Waals surface area contributed by atoms with Gasteiger partial charge < -0.3 is 14.8 Å². The first-order chi connectivity index (χ1) is 14.5. The first kappa shape index (κ1) is 21.2. The van der Waals surface area contributed by atoms with E-state index in [0.29, 0.717) is 5.56 Å². The van der Waals surface area contributed by atoms with Crippen LogP contribution in [0.1, 0.15) is 51.1 Å². The van der Waals surface area contributed by atoms with Crippen LogP contribution in [0.15, 0.2) is 42.5 Å². The lowest BCUT2D eigenvalue weighted by atomic mass is 10.0. The molecule has 1 aliphatic carbocycles. The lowest BCUT2D eigenvalue weighted by molar-refractivity contribution is -0.147. The van der Waals surface area contributed by atoms with Gasteiger partial charge in [0.1, 0.15) is 0 Å². The molecule has 0 heterocycles. The maximum Gasteiger partial charge on any atom is 0.339 e. The molecule has 1 N–H and O–H groups in total. The number of para-hydroxylation sites is 1. The van der Waals surface area contributed by atoms with Crippen LogP contribution in [0.4, 0.5) is 5.69 Å². The summed E-state index contributed by atoms with van der Waals surface area (Å²) in [5, 5.41) is 2.51. The molecule has 156 valence electrons. The average molecular weight is 409 g/mol. The monoisotopic (exact) mass is 409 g/mol. The van der Waals surface area contributed by atoms with Crippen LogP contribution >= 0.6 is 0 Å². The lowest BCUT2D eigenvalue weighted by Crippen LogP contribution is -2.22. The second-order valence-corrected chi connectivity index (χ2v) is 7.01. The molecular weight excluding hydrogens is 386 g/mol. The summed E-state index contributed by atoms with van der Waals surface area (Å²) in [6.07, 6.45) is 3.03. The normalized spacial score (nSPS) is 12.0. The van der Waals surface area contributed by atoms with Crippen LogP contribution < -0.4 is 5.32 Å². The predicted molar refractivity (Wildman–Crippen MR) is 109 cm³/mol. The number of esters is 2. The molecule has 0 saturated carbocycles. The van der Waals surface area contributed by atoms with E-state index in [1.165, 1.54) is 24.3 Å². The van der Waals surface area contributed by atoms with Crippen LogP contribution in [-0.4, -0.2) is 37.3 Å². The number of ether oxygens (including phenoxy) is 2. The number of rotatable bonds is 8. The maximum absolute atomic E-state index is 12.3. The third-order valence-corrected chi connectivity index (χ3v) is 4.95. The van der Waals surface area contributed by atoms with Gasteiger partial charge in [-0.25, -0.2) is 4.79 Å². The molecule has 7 heteroatoms. The number of benzene rings is 2. The van der Waals surface area contributed by atoms with Crippen molar-refractivity contribution >= 4 is 29.3 Å². The van der Waals surface area contributed by atoms with E-state index in [4.69, 9.17) is 4.74 Å². The van der Waals surface area contributed by atoms with Crippen molar-refractivity contribution in [2.24, 2.45) is 0 Å². The molecule has 0 bridgehead atoms. The number of hydrogen-bond acceptors (Lipinski definition) is 6. The fraction of sp³-hybridized carbons (Fsp3) is 0.304. The van der Waals surface area contributed by atoms with Gasteiger partial charge in [0.15, 0.2) is 12.4 Å². The Morgan fingerprint density at radius 1 is 0.967 bits per heavy atom. The first-order valence-corrected chi connectivity index (χ1v) is 9.75. The largest absolute Gasteiger partial charge is 0.465 e. The number of nitrogens with one attached hydrogen (secondary N) is 1. The molecule has 0 atom stereocenters. The van der Waals surface area contributed by atoms with Crippen molar-refractivity contribution in [2.45, 2.75) is 32.1 Å². The van der Waals surface area contributed by atoms with Crippen LogP contribution in [-0.2, 0) is 31.9 Å². The van der Waals surface area contributed by atoms with Crippen molar-refractivity contribution < 1.29 is 28.7 Å². The SMILES string of the molecule is COC(=O)c1ccccc1NC(=O)COC(=O)CCC(=O)c1ccc2c(c1)CCC2. The number of carbonyl (C=O) groups is 4. The average Bonchev–Trinajstić information content (AvgIpc) is 3.23. The van der Waals surface area contributed by atoms with Crippen LogP contribution in [0.5, 0.6) is 0 Å². The van der Waals surface area contributed by atoms with Crippen molar-refractivity contribution in [2.75, 3.05) is 19.0 Å². The summed E-state index contributed by atoms with van der Waals surface area (Å²) in [5.74, 6) is -1.95. The fourth-order valence-corrected chi connectivity index (χ4v) is 3.39. The number of carbonyl (C=O) groups excluding carboxylic acids is 4. The molecule has 1 amide bonds. The minimum atomic E-state index is -0.638. The molecule has 2 aromatic rings. The zero-order valence-corrected chi connectivity index (χ0v) is 16.7. The van der Waals surface area contributed by atoms with Crippen molar-refractivity contribution in [1.82, 2.24) is 0 Å². The second kappa shape index (κ2) is 9.82. The quantitative estimate of drug-likeness (QED) is 0.531. The highest BCUT2D eigenvalue weighted by Crippen LogP contribution is 2.23. The number of ketones is 1. The molecule has 0 aromatic heterocycles. The van der Waals surface area contributed by atoms with Gasteiger partial charge in [0.25, 0.3) is 5.91 Å². The second-order valence-electron chi connectivity index (χ2n) is 7.01. The van der Waals surface area contributed by atoms with Gasteiger partial charge >= 0.3 is 11.9 Å². The van der Waals surface area contributed by atoms with E-state index in [9.17, 15) is 19.2 Å². The molecule has 0 fully saturated rings. The van der Waals surface area contributed by atoms with E-state index in [1.807, 2.05) is 12.1 Å². The summed E-state index contributed by atoms with van der Waals surface area (Å²) < 4.78 is 9.61. The van der Waals surface area contributed by atoms with E-state index in [2.05, 4.69) is 10.1 Å². The highest BCUT2D eigenvalue weighted by Gasteiger charge is 2.17. The Labute approximate surface area is 174 Å². The summed E-state index contributed by atoms with van der Waals surface area (Å²) in [6.45, 7) is -0.513. The van der Waals surface area contributed by atoms with Gasteiger partial charge in [-0.05, 0) is 48.6 Å². The minimum Gasteiger partial charge on any atom is -0.465 e. The Morgan fingerprint density at radius 2 is 1.73 bits per heavy atom.